The van der Waals surface area contributed by atoms with Crippen molar-refractivity contribution in [2.24, 2.45) is 5.41 Å². The molecular formula is C32H29NO2. The lowest BCUT2D eigenvalue weighted by atomic mass is 9.75. The molecule has 1 atom stereocenters. The van der Waals surface area contributed by atoms with Crippen LogP contribution in [0.25, 0.3) is 6.08 Å². The van der Waals surface area contributed by atoms with Gasteiger partial charge in [-0.2, -0.15) is 0 Å². The van der Waals surface area contributed by atoms with Gasteiger partial charge in [0.1, 0.15) is 5.75 Å². The Morgan fingerprint density at radius 2 is 1.60 bits per heavy atom. The number of hydrogen-bond donors (Lipinski definition) is 0. The molecule has 2 aliphatic heterocycles. The van der Waals surface area contributed by atoms with E-state index in [2.05, 4.69) is 73.4 Å². The molecule has 3 aliphatic rings. The third kappa shape index (κ3) is 3.37. The second-order valence-electron chi connectivity index (χ2n) is 10.1. The molecule has 1 fully saturated rings. The number of carbonyl (C=O) groups is 1. The van der Waals surface area contributed by atoms with Crippen LogP contribution in [-0.2, 0) is 6.54 Å². The molecule has 0 bridgehead atoms. The Kier molecular flexibility index (Phi) is 5.03. The molecule has 174 valence electrons. The monoisotopic (exact) mass is 459 g/mol. The van der Waals surface area contributed by atoms with E-state index in [9.17, 15) is 4.79 Å². The first kappa shape index (κ1) is 21.7. The number of ketones is 1. The van der Waals surface area contributed by atoms with Crippen LogP contribution in [-0.4, -0.2) is 16.4 Å². The van der Waals surface area contributed by atoms with E-state index in [0.29, 0.717) is 11.1 Å². The number of likely N-dealkylation sites (tertiary alicyclic amines) is 1. The van der Waals surface area contributed by atoms with Crippen LogP contribution in [0.15, 0.2) is 108 Å². The van der Waals surface area contributed by atoms with Crippen LogP contribution >= 0.6 is 0 Å². The third-order valence-electron chi connectivity index (χ3n) is 7.64. The largest absolute Gasteiger partial charge is 0.463 e. The van der Waals surface area contributed by atoms with Crippen molar-refractivity contribution < 1.29 is 9.53 Å². The normalized spacial score (nSPS) is 21.6. The summed E-state index contributed by atoms with van der Waals surface area (Å²) in [4.78, 5) is 15.4. The highest BCUT2D eigenvalue weighted by Gasteiger charge is 2.60. The second kappa shape index (κ2) is 8.13. The van der Waals surface area contributed by atoms with E-state index >= 15 is 0 Å². The molecule has 6 rings (SSSR count). The molecular weight excluding hydrogens is 430 g/mol. The number of ether oxygens (including phenoxy) is 1. The standard InChI is InChI=1S/C32H29NO2/c1-31(2)27-15-9-10-16-28(27)33(22-23-11-5-3-6-12-23)32(31)20-19-25-21-26(17-18-29(25)35-32)30(34)24-13-7-4-8-14-24/h3-8,11-21H,9-10,22H2,1-2H3. The van der Waals surface area contributed by atoms with Gasteiger partial charge in [-0.1, -0.05) is 72.8 Å². The molecule has 3 heteroatoms. The molecule has 0 aromatic heterocycles. The fourth-order valence-electron chi connectivity index (χ4n) is 5.73. The van der Waals surface area contributed by atoms with E-state index in [1.165, 1.54) is 16.8 Å². The summed E-state index contributed by atoms with van der Waals surface area (Å²) in [5.41, 5.74) is 5.28. The van der Waals surface area contributed by atoms with Gasteiger partial charge in [-0.25, -0.2) is 0 Å². The maximum absolute atomic E-state index is 13.0. The Hall–Kier alpha value is -3.85. The third-order valence-corrected chi connectivity index (χ3v) is 7.64. The fourth-order valence-corrected chi connectivity index (χ4v) is 5.73. The van der Waals surface area contributed by atoms with Gasteiger partial charge < -0.3 is 9.64 Å². The zero-order valence-electron chi connectivity index (χ0n) is 20.2. The van der Waals surface area contributed by atoms with E-state index in [4.69, 9.17) is 4.74 Å². The molecule has 3 aromatic rings. The van der Waals surface area contributed by atoms with Crippen LogP contribution in [0.3, 0.4) is 0 Å². The van der Waals surface area contributed by atoms with Crippen LogP contribution < -0.4 is 4.74 Å². The summed E-state index contributed by atoms with van der Waals surface area (Å²) in [6.45, 7) is 5.33. The number of benzene rings is 3. The van der Waals surface area contributed by atoms with E-state index < -0.39 is 5.72 Å². The smallest absolute Gasteiger partial charge is 0.212 e. The molecule has 0 radical (unpaired) electrons. The Morgan fingerprint density at radius 1 is 0.886 bits per heavy atom. The van der Waals surface area contributed by atoms with Gasteiger partial charge in [-0.3, -0.25) is 4.79 Å². The quantitative estimate of drug-likeness (QED) is 0.388. The van der Waals surface area contributed by atoms with Crippen LogP contribution in [0.2, 0.25) is 0 Å². The van der Waals surface area contributed by atoms with Crippen molar-refractivity contribution in [3.63, 3.8) is 0 Å². The molecule has 1 saturated heterocycles. The van der Waals surface area contributed by atoms with Gasteiger partial charge in [-0.15, -0.1) is 0 Å². The molecule has 2 heterocycles. The van der Waals surface area contributed by atoms with E-state index in [1.54, 1.807) is 0 Å². The number of rotatable bonds is 4. The molecule has 1 spiro atoms. The molecule has 1 unspecified atom stereocenters. The van der Waals surface area contributed by atoms with Gasteiger partial charge >= 0.3 is 0 Å². The average molecular weight is 460 g/mol. The molecule has 0 amide bonds. The van der Waals surface area contributed by atoms with Crippen molar-refractivity contribution >= 4 is 11.9 Å². The number of carbonyl (C=O) groups excluding carboxylic acids is 1. The van der Waals surface area contributed by atoms with Gasteiger partial charge in [0, 0.05) is 28.9 Å². The maximum atomic E-state index is 13.0. The number of allylic oxidation sites excluding steroid dienone is 3. The van der Waals surface area contributed by atoms with Gasteiger partial charge in [0.25, 0.3) is 0 Å². The number of hydrogen-bond acceptors (Lipinski definition) is 3. The fraction of sp³-hybridized carbons (Fsp3) is 0.219. The SMILES string of the molecule is CC1(C)C2=CCCC=C2N(Cc2ccccc2)C12C=Cc1cc(C(=O)c3ccccc3)ccc1O2. The summed E-state index contributed by atoms with van der Waals surface area (Å²) >= 11 is 0. The topological polar surface area (TPSA) is 29.5 Å². The first-order chi connectivity index (χ1) is 17.0. The summed E-state index contributed by atoms with van der Waals surface area (Å²) in [7, 11) is 0. The molecule has 35 heavy (non-hydrogen) atoms. The first-order valence-electron chi connectivity index (χ1n) is 12.3. The van der Waals surface area contributed by atoms with Crippen molar-refractivity contribution in [3.05, 3.63) is 131 Å². The Balaban J connectivity index is 1.41. The van der Waals surface area contributed by atoms with Crippen LogP contribution in [0.5, 0.6) is 5.75 Å². The molecule has 0 saturated carbocycles. The van der Waals surface area contributed by atoms with Crippen LogP contribution in [0, 0.1) is 5.41 Å². The predicted octanol–water partition coefficient (Wildman–Crippen LogP) is 7.17. The summed E-state index contributed by atoms with van der Waals surface area (Å²) < 4.78 is 6.96. The minimum absolute atomic E-state index is 0.0234. The Bertz CT molecular complexity index is 1380. The summed E-state index contributed by atoms with van der Waals surface area (Å²) in [6, 6.07) is 25.8. The number of fused-ring (bicyclic) bond motifs is 2. The van der Waals surface area contributed by atoms with E-state index in [1.807, 2.05) is 48.5 Å². The van der Waals surface area contributed by atoms with Crippen molar-refractivity contribution in [3.8, 4) is 5.75 Å². The van der Waals surface area contributed by atoms with Gasteiger partial charge in [0.2, 0.25) is 5.72 Å². The molecule has 3 nitrogen and oxygen atoms in total. The summed E-state index contributed by atoms with van der Waals surface area (Å²) in [5.74, 6) is 0.832. The maximum Gasteiger partial charge on any atom is 0.212 e. The minimum atomic E-state index is -0.650. The van der Waals surface area contributed by atoms with Crippen molar-refractivity contribution in [1.82, 2.24) is 4.90 Å². The van der Waals surface area contributed by atoms with Crippen molar-refractivity contribution in [2.45, 2.75) is 39.0 Å². The van der Waals surface area contributed by atoms with Gasteiger partial charge in [0.05, 0.1) is 5.41 Å². The van der Waals surface area contributed by atoms with E-state index in [0.717, 1.165) is 30.7 Å². The summed E-state index contributed by atoms with van der Waals surface area (Å²) in [6.07, 6.45) is 11.2. The van der Waals surface area contributed by atoms with Gasteiger partial charge in [0.15, 0.2) is 5.78 Å². The lowest BCUT2D eigenvalue weighted by molar-refractivity contribution is -0.0706. The minimum Gasteiger partial charge on any atom is -0.463 e. The van der Waals surface area contributed by atoms with Crippen molar-refractivity contribution in [1.29, 1.82) is 0 Å². The molecule has 0 N–H and O–H groups in total. The van der Waals surface area contributed by atoms with Gasteiger partial charge in [-0.05, 0) is 68.2 Å². The Labute approximate surface area is 207 Å². The first-order valence-corrected chi connectivity index (χ1v) is 12.3. The highest BCUT2D eigenvalue weighted by molar-refractivity contribution is 6.09. The zero-order valence-corrected chi connectivity index (χ0v) is 20.2. The van der Waals surface area contributed by atoms with Crippen LogP contribution in [0.1, 0.15) is 53.7 Å². The zero-order chi connectivity index (χ0) is 24.0. The van der Waals surface area contributed by atoms with Crippen molar-refractivity contribution in [2.75, 3.05) is 0 Å². The lowest BCUT2D eigenvalue weighted by Gasteiger charge is -2.46. The number of nitrogens with zero attached hydrogens (tertiary/aromatic N) is 1. The summed E-state index contributed by atoms with van der Waals surface area (Å²) in [5, 5.41) is 0. The molecule has 3 aromatic carbocycles. The highest BCUT2D eigenvalue weighted by Crippen LogP contribution is 2.58. The van der Waals surface area contributed by atoms with Crippen LogP contribution in [0.4, 0.5) is 0 Å². The Morgan fingerprint density at radius 3 is 2.37 bits per heavy atom. The lowest BCUT2D eigenvalue weighted by Crippen LogP contribution is -2.55. The average Bonchev–Trinajstić information content (AvgIpc) is 3.08. The van der Waals surface area contributed by atoms with E-state index in [-0.39, 0.29) is 11.2 Å². The highest BCUT2D eigenvalue weighted by atomic mass is 16.5. The second-order valence-corrected chi connectivity index (χ2v) is 10.1. The molecule has 1 aliphatic carbocycles. The predicted molar refractivity (Wildman–Crippen MR) is 140 cm³/mol.